The molecule has 3 amide bonds. The number of nitrogens with zero attached hydrogens (tertiary/aromatic N) is 4. The standard InChI is InChI=1S/C7H5N5O4S/c13-4-3-11(7(14)10-4)9-1-5-8-2-6(17-5)12(15)16/h1-2H,3H2,(H,10,13,14)/b9-1+. The van der Waals surface area contributed by atoms with E-state index in [1.54, 1.807) is 0 Å². The van der Waals surface area contributed by atoms with E-state index in [1.165, 1.54) is 6.21 Å². The predicted molar refractivity (Wildman–Crippen MR) is 56.6 cm³/mol. The van der Waals surface area contributed by atoms with Crippen LogP contribution in [0.25, 0.3) is 0 Å². The molecule has 1 fully saturated rings. The fourth-order valence-corrected chi connectivity index (χ4v) is 1.67. The van der Waals surface area contributed by atoms with E-state index in [0.717, 1.165) is 22.5 Å². The van der Waals surface area contributed by atoms with Crippen LogP contribution < -0.4 is 5.32 Å². The number of hydrogen-bond donors (Lipinski definition) is 1. The Labute approximate surface area is 97.9 Å². The Balaban J connectivity index is 2.07. The molecule has 10 heteroatoms. The van der Waals surface area contributed by atoms with Crippen molar-refractivity contribution in [3.05, 3.63) is 21.3 Å². The van der Waals surface area contributed by atoms with Crippen molar-refractivity contribution in [3.8, 4) is 0 Å². The van der Waals surface area contributed by atoms with Gasteiger partial charge in [0.05, 0.1) is 11.1 Å². The van der Waals surface area contributed by atoms with Gasteiger partial charge in [-0.15, -0.1) is 0 Å². The van der Waals surface area contributed by atoms with Crippen LogP contribution >= 0.6 is 11.3 Å². The molecule has 0 radical (unpaired) electrons. The highest BCUT2D eigenvalue weighted by Gasteiger charge is 2.26. The van der Waals surface area contributed by atoms with Crippen LogP contribution in [0.15, 0.2) is 11.3 Å². The Hall–Kier alpha value is -2.36. The number of nitro groups is 1. The second-order valence-corrected chi connectivity index (χ2v) is 3.99. The molecule has 0 aliphatic carbocycles. The van der Waals surface area contributed by atoms with Crippen molar-refractivity contribution in [1.29, 1.82) is 0 Å². The lowest BCUT2D eigenvalue weighted by molar-refractivity contribution is -0.380. The lowest BCUT2D eigenvalue weighted by atomic mass is 10.6. The van der Waals surface area contributed by atoms with E-state index >= 15 is 0 Å². The van der Waals surface area contributed by atoms with Gasteiger partial charge >= 0.3 is 11.0 Å². The van der Waals surface area contributed by atoms with Crippen molar-refractivity contribution in [3.63, 3.8) is 0 Å². The lowest BCUT2D eigenvalue weighted by Gasteiger charge is -2.02. The molecule has 88 valence electrons. The largest absolute Gasteiger partial charge is 0.344 e. The van der Waals surface area contributed by atoms with Gasteiger partial charge in [-0.3, -0.25) is 20.2 Å². The summed E-state index contributed by atoms with van der Waals surface area (Å²) in [7, 11) is 0. The normalized spacial score (nSPS) is 15.6. The first-order valence-corrected chi connectivity index (χ1v) is 5.13. The molecule has 1 aliphatic heterocycles. The molecule has 1 aromatic rings. The molecule has 2 heterocycles. The number of nitrogens with one attached hydrogen (secondary N) is 1. The van der Waals surface area contributed by atoms with E-state index in [0.29, 0.717) is 0 Å². The first-order valence-electron chi connectivity index (χ1n) is 4.32. The highest BCUT2D eigenvalue weighted by atomic mass is 32.1. The summed E-state index contributed by atoms with van der Waals surface area (Å²) in [6.07, 6.45) is 2.29. The monoisotopic (exact) mass is 255 g/mol. The zero-order valence-corrected chi connectivity index (χ0v) is 9.01. The summed E-state index contributed by atoms with van der Waals surface area (Å²) in [6, 6.07) is -0.627. The van der Waals surface area contributed by atoms with Crippen LogP contribution in [0.4, 0.5) is 9.80 Å². The van der Waals surface area contributed by atoms with Crippen LogP contribution in [0.5, 0.6) is 0 Å². The van der Waals surface area contributed by atoms with Crippen LogP contribution in [0, 0.1) is 10.1 Å². The second kappa shape index (κ2) is 4.25. The molecule has 1 aromatic heterocycles. The molecule has 0 spiro atoms. The summed E-state index contributed by atoms with van der Waals surface area (Å²) >= 11 is 0.824. The van der Waals surface area contributed by atoms with Crippen LogP contribution in [0.3, 0.4) is 0 Å². The first-order chi connectivity index (χ1) is 8.06. The number of aromatic nitrogens is 1. The van der Waals surface area contributed by atoms with E-state index < -0.39 is 16.9 Å². The molecule has 17 heavy (non-hydrogen) atoms. The van der Waals surface area contributed by atoms with E-state index in [1.807, 2.05) is 5.32 Å². The summed E-state index contributed by atoms with van der Waals surface area (Å²) in [4.78, 5) is 35.4. The molecule has 0 unspecified atom stereocenters. The quantitative estimate of drug-likeness (QED) is 0.351. The zero-order valence-electron chi connectivity index (χ0n) is 8.19. The average molecular weight is 255 g/mol. The van der Waals surface area contributed by atoms with Gasteiger partial charge in [-0.1, -0.05) is 0 Å². The van der Waals surface area contributed by atoms with Gasteiger partial charge in [0.1, 0.15) is 17.7 Å². The van der Waals surface area contributed by atoms with E-state index in [9.17, 15) is 19.7 Å². The average Bonchev–Trinajstić information content (AvgIpc) is 2.82. The SMILES string of the molecule is O=C1CN(/N=C/c2ncc([N+](=O)[O-])s2)C(=O)N1. The number of hydrogen-bond acceptors (Lipinski definition) is 7. The molecule has 2 rings (SSSR count). The Bertz CT molecular complexity index is 524. The number of rotatable bonds is 3. The van der Waals surface area contributed by atoms with Crippen molar-refractivity contribution >= 4 is 34.5 Å². The van der Waals surface area contributed by atoms with Gasteiger partial charge in [0.15, 0.2) is 0 Å². The minimum atomic E-state index is -0.627. The van der Waals surface area contributed by atoms with Gasteiger partial charge in [-0.2, -0.15) is 5.10 Å². The van der Waals surface area contributed by atoms with Gasteiger partial charge in [-0.25, -0.2) is 14.8 Å². The fourth-order valence-electron chi connectivity index (χ4n) is 1.07. The molecule has 1 aliphatic rings. The van der Waals surface area contributed by atoms with E-state index in [2.05, 4.69) is 10.1 Å². The maximum atomic E-state index is 11.1. The molecular weight excluding hydrogens is 250 g/mol. The number of urea groups is 1. The maximum Gasteiger partial charge on any atom is 0.344 e. The lowest BCUT2D eigenvalue weighted by Crippen LogP contribution is -2.24. The smallest absolute Gasteiger partial charge is 0.275 e. The van der Waals surface area contributed by atoms with Crippen molar-refractivity contribution in [2.45, 2.75) is 0 Å². The molecule has 0 saturated carbocycles. The van der Waals surface area contributed by atoms with Crippen LogP contribution in [0.2, 0.25) is 0 Å². The van der Waals surface area contributed by atoms with Crippen molar-refractivity contribution in [2.24, 2.45) is 5.10 Å². The number of imide groups is 1. The number of carbonyl (C=O) groups is 2. The second-order valence-electron chi connectivity index (χ2n) is 2.95. The van der Waals surface area contributed by atoms with Gasteiger partial charge in [0, 0.05) is 0 Å². The minimum Gasteiger partial charge on any atom is -0.275 e. The number of thiazole rings is 1. The Morgan fingerprint density at radius 2 is 2.41 bits per heavy atom. The highest BCUT2D eigenvalue weighted by molar-refractivity contribution is 7.16. The third-order valence-electron chi connectivity index (χ3n) is 1.77. The topological polar surface area (TPSA) is 118 Å². The number of amides is 3. The summed E-state index contributed by atoms with van der Waals surface area (Å²) in [6.45, 7) is -0.164. The van der Waals surface area contributed by atoms with Crippen LogP contribution in [0.1, 0.15) is 5.01 Å². The minimum absolute atomic E-state index is 0.117. The van der Waals surface area contributed by atoms with Gasteiger partial charge in [0.25, 0.3) is 0 Å². The Morgan fingerprint density at radius 3 is 2.94 bits per heavy atom. The third kappa shape index (κ3) is 2.42. The number of carbonyl (C=O) groups excluding carboxylic acids is 2. The van der Waals surface area contributed by atoms with Gasteiger partial charge in [0.2, 0.25) is 5.91 Å². The molecule has 0 aromatic carbocycles. The molecule has 0 atom stereocenters. The van der Waals surface area contributed by atoms with Crippen molar-refractivity contribution in [1.82, 2.24) is 15.3 Å². The van der Waals surface area contributed by atoms with Gasteiger partial charge < -0.3 is 0 Å². The maximum absolute atomic E-state index is 11.1. The predicted octanol–water partition coefficient (Wildman–Crippen LogP) is -0.0630. The summed E-state index contributed by atoms with van der Waals surface area (Å²) in [5, 5.41) is 17.2. The summed E-state index contributed by atoms with van der Waals surface area (Å²) < 4.78 is 0. The van der Waals surface area contributed by atoms with Crippen LogP contribution in [-0.4, -0.2) is 39.6 Å². The first kappa shape index (κ1) is 11.1. The fraction of sp³-hybridized carbons (Fsp3) is 0.143. The molecule has 9 nitrogen and oxygen atoms in total. The third-order valence-corrected chi connectivity index (χ3v) is 2.66. The molecule has 1 N–H and O–H groups in total. The molecule has 1 saturated heterocycles. The van der Waals surface area contributed by atoms with Crippen LogP contribution in [-0.2, 0) is 4.79 Å². The highest BCUT2D eigenvalue weighted by Crippen LogP contribution is 2.19. The summed E-state index contributed by atoms with van der Waals surface area (Å²) in [5.74, 6) is -0.447. The Morgan fingerprint density at radius 1 is 1.65 bits per heavy atom. The Kier molecular flexibility index (Phi) is 2.78. The number of hydrazone groups is 1. The molecule has 0 bridgehead atoms. The van der Waals surface area contributed by atoms with Crippen molar-refractivity contribution in [2.75, 3.05) is 6.54 Å². The summed E-state index contributed by atoms with van der Waals surface area (Å²) in [5.41, 5.74) is 0. The van der Waals surface area contributed by atoms with E-state index in [-0.39, 0.29) is 16.6 Å². The van der Waals surface area contributed by atoms with Gasteiger partial charge in [-0.05, 0) is 11.3 Å². The molecular formula is C7H5N5O4S. The zero-order chi connectivity index (χ0) is 12.4. The van der Waals surface area contributed by atoms with E-state index in [4.69, 9.17) is 0 Å². The van der Waals surface area contributed by atoms with Crippen molar-refractivity contribution < 1.29 is 14.5 Å².